The summed E-state index contributed by atoms with van der Waals surface area (Å²) in [5.74, 6) is 1.17. The molecule has 2 rings (SSSR count). The molecule has 0 bridgehead atoms. The molecule has 3 nitrogen and oxygen atoms in total. The first-order valence-corrected chi connectivity index (χ1v) is 6.82. The maximum Gasteiger partial charge on any atom is 0.0507 e. The minimum absolute atomic E-state index is 0.346. The third-order valence-corrected chi connectivity index (χ3v) is 4.09. The molecule has 2 N–H and O–H groups in total. The first kappa shape index (κ1) is 12.3. The maximum absolute atomic E-state index is 9.41. The van der Waals surface area contributed by atoms with Crippen molar-refractivity contribution in [3.8, 4) is 0 Å². The Morgan fingerprint density at radius 1 is 1.12 bits per heavy atom. The fourth-order valence-electron chi connectivity index (χ4n) is 2.93. The van der Waals surface area contributed by atoms with Crippen LogP contribution in [0.3, 0.4) is 0 Å². The molecule has 94 valence electrons. The smallest absolute Gasteiger partial charge is 0.0507 e. The fraction of sp³-hybridized carbons (Fsp3) is 1.00. The number of ether oxygens (including phenoxy) is 1. The van der Waals surface area contributed by atoms with E-state index in [9.17, 15) is 5.11 Å². The number of hydrogen-bond donors (Lipinski definition) is 2. The topological polar surface area (TPSA) is 41.5 Å². The van der Waals surface area contributed by atoms with E-state index in [2.05, 4.69) is 5.32 Å². The molecule has 0 aromatic carbocycles. The number of hydrogen-bond acceptors (Lipinski definition) is 3. The molecule has 16 heavy (non-hydrogen) atoms. The Labute approximate surface area is 98.6 Å². The Morgan fingerprint density at radius 2 is 2.00 bits per heavy atom. The molecule has 3 heteroatoms. The van der Waals surface area contributed by atoms with Crippen LogP contribution in [0.5, 0.6) is 0 Å². The van der Waals surface area contributed by atoms with Gasteiger partial charge in [-0.2, -0.15) is 0 Å². The molecule has 1 aliphatic carbocycles. The molecular weight excluding hydrogens is 202 g/mol. The minimum Gasteiger partial charge on any atom is -0.396 e. The zero-order valence-corrected chi connectivity index (χ0v) is 10.2. The van der Waals surface area contributed by atoms with E-state index in [0.717, 1.165) is 19.8 Å². The highest BCUT2D eigenvalue weighted by Gasteiger charge is 2.24. The van der Waals surface area contributed by atoms with E-state index in [1.165, 1.54) is 38.5 Å². The molecule has 1 aliphatic heterocycles. The van der Waals surface area contributed by atoms with Crippen LogP contribution in [-0.2, 0) is 4.74 Å². The highest BCUT2D eigenvalue weighted by atomic mass is 16.5. The molecule has 0 aromatic rings. The van der Waals surface area contributed by atoms with E-state index in [1.54, 1.807) is 0 Å². The number of rotatable bonds is 4. The quantitative estimate of drug-likeness (QED) is 0.716. The Balaban J connectivity index is 1.75. The van der Waals surface area contributed by atoms with E-state index in [0.29, 0.717) is 24.5 Å². The predicted octanol–water partition coefficient (Wildman–Crippen LogP) is 1.55. The van der Waals surface area contributed by atoms with Crippen LogP contribution in [0.4, 0.5) is 0 Å². The van der Waals surface area contributed by atoms with Gasteiger partial charge in [0, 0.05) is 25.8 Å². The minimum atomic E-state index is 0.346. The Bertz CT molecular complexity index is 192. The van der Waals surface area contributed by atoms with Gasteiger partial charge in [-0.05, 0) is 31.1 Å². The van der Waals surface area contributed by atoms with Crippen LogP contribution >= 0.6 is 0 Å². The molecule has 3 unspecified atom stereocenters. The van der Waals surface area contributed by atoms with Crippen molar-refractivity contribution in [2.24, 2.45) is 11.8 Å². The van der Waals surface area contributed by atoms with Gasteiger partial charge in [-0.15, -0.1) is 0 Å². The standard InChI is InChI=1S/C13H25NO2/c15-9-12-4-2-1-3-5-13(12)14-8-11-6-7-16-10-11/h11-15H,1-10H2. The second kappa shape index (κ2) is 6.58. The van der Waals surface area contributed by atoms with E-state index < -0.39 is 0 Å². The van der Waals surface area contributed by atoms with Crippen LogP contribution in [-0.4, -0.2) is 37.5 Å². The van der Waals surface area contributed by atoms with Crippen LogP contribution in [0.1, 0.15) is 38.5 Å². The number of aliphatic hydroxyl groups is 1. The van der Waals surface area contributed by atoms with Crippen molar-refractivity contribution in [1.82, 2.24) is 5.32 Å². The number of nitrogens with one attached hydrogen (secondary N) is 1. The summed E-state index contributed by atoms with van der Waals surface area (Å²) in [5.41, 5.74) is 0. The largest absolute Gasteiger partial charge is 0.396 e. The average molecular weight is 227 g/mol. The maximum atomic E-state index is 9.41. The van der Waals surface area contributed by atoms with Gasteiger partial charge >= 0.3 is 0 Å². The van der Waals surface area contributed by atoms with Crippen LogP contribution in [0.2, 0.25) is 0 Å². The average Bonchev–Trinajstić information content (AvgIpc) is 2.71. The Morgan fingerprint density at radius 3 is 2.75 bits per heavy atom. The normalized spacial score (nSPS) is 36.2. The van der Waals surface area contributed by atoms with E-state index in [-0.39, 0.29) is 0 Å². The van der Waals surface area contributed by atoms with Crippen molar-refractivity contribution < 1.29 is 9.84 Å². The van der Waals surface area contributed by atoms with Gasteiger partial charge in [0.25, 0.3) is 0 Å². The molecule has 0 spiro atoms. The molecule has 0 radical (unpaired) electrons. The fourth-order valence-corrected chi connectivity index (χ4v) is 2.93. The van der Waals surface area contributed by atoms with Gasteiger partial charge in [-0.3, -0.25) is 0 Å². The van der Waals surface area contributed by atoms with Gasteiger partial charge in [-0.1, -0.05) is 19.3 Å². The first-order valence-electron chi connectivity index (χ1n) is 6.82. The lowest BCUT2D eigenvalue weighted by Gasteiger charge is -2.25. The summed E-state index contributed by atoms with van der Waals surface area (Å²) in [6.45, 7) is 3.27. The third kappa shape index (κ3) is 3.44. The van der Waals surface area contributed by atoms with Crippen molar-refractivity contribution in [2.75, 3.05) is 26.4 Å². The molecule has 1 heterocycles. The number of aliphatic hydroxyl groups excluding tert-OH is 1. The molecular formula is C13H25NO2. The van der Waals surface area contributed by atoms with Crippen LogP contribution in [0.15, 0.2) is 0 Å². The molecule has 2 aliphatic rings. The lowest BCUT2D eigenvalue weighted by molar-refractivity contribution is 0.169. The SMILES string of the molecule is OCC1CCCCCC1NCC1CCOC1. The van der Waals surface area contributed by atoms with Crippen LogP contribution in [0.25, 0.3) is 0 Å². The Hall–Kier alpha value is -0.120. The second-order valence-corrected chi connectivity index (χ2v) is 5.33. The molecule has 1 saturated carbocycles. The van der Waals surface area contributed by atoms with Crippen LogP contribution in [0, 0.1) is 11.8 Å². The first-order chi connectivity index (χ1) is 7.90. The van der Waals surface area contributed by atoms with Gasteiger partial charge in [0.1, 0.15) is 0 Å². The zero-order valence-electron chi connectivity index (χ0n) is 10.2. The predicted molar refractivity (Wildman–Crippen MR) is 64.4 cm³/mol. The van der Waals surface area contributed by atoms with E-state index >= 15 is 0 Å². The summed E-state index contributed by atoms with van der Waals surface area (Å²) >= 11 is 0. The van der Waals surface area contributed by atoms with E-state index in [4.69, 9.17) is 4.74 Å². The highest BCUT2D eigenvalue weighted by molar-refractivity contribution is 4.80. The zero-order chi connectivity index (χ0) is 11.2. The lowest BCUT2D eigenvalue weighted by Crippen LogP contribution is -2.40. The van der Waals surface area contributed by atoms with Crippen molar-refractivity contribution in [2.45, 2.75) is 44.6 Å². The van der Waals surface area contributed by atoms with Crippen molar-refractivity contribution in [3.05, 3.63) is 0 Å². The van der Waals surface area contributed by atoms with Gasteiger partial charge in [-0.25, -0.2) is 0 Å². The summed E-state index contributed by atoms with van der Waals surface area (Å²) in [4.78, 5) is 0. The van der Waals surface area contributed by atoms with Gasteiger partial charge < -0.3 is 15.2 Å². The van der Waals surface area contributed by atoms with Gasteiger partial charge in [0.2, 0.25) is 0 Å². The second-order valence-electron chi connectivity index (χ2n) is 5.33. The summed E-state index contributed by atoms with van der Waals surface area (Å²) in [5, 5.41) is 13.1. The summed E-state index contributed by atoms with van der Waals surface area (Å²) in [7, 11) is 0. The third-order valence-electron chi connectivity index (χ3n) is 4.09. The van der Waals surface area contributed by atoms with Crippen molar-refractivity contribution in [1.29, 1.82) is 0 Å². The van der Waals surface area contributed by atoms with Crippen molar-refractivity contribution in [3.63, 3.8) is 0 Å². The summed E-state index contributed by atoms with van der Waals surface area (Å²) in [6, 6.07) is 0.535. The van der Waals surface area contributed by atoms with Crippen molar-refractivity contribution >= 4 is 0 Å². The molecule has 0 aromatic heterocycles. The van der Waals surface area contributed by atoms with Gasteiger partial charge in [0.15, 0.2) is 0 Å². The summed E-state index contributed by atoms with van der Waals surface area (Å²) in [6.07, 6.45) is 7.56. The van der Waals surface area contributed by atoms with E-state index in [1.807, 2.05) is 0 Å². The Kier molecular flexibility index (Phi) is 5.07. The molecule has 3 atom stereocenters. The van der Waals surface area contributed by atoms with Gasteiger partial charge in [0.05, 0.1) is 6.61 Å². The highest BCUT2D eigenvalue weighted by Crippen LogP contribution is 2.23. The molecule has 0 amide bonds. The summed E-state index contributed by atoms with van der Waals surface area (Å²) < 4.78 is 5.39. The van der Waals surface area contributed by atoms with Crippen LogP contribution < -0.4 is 5.32 Å². The monoisotopic (exact) mass is 227 g/mol. The molecule has 1 saturated heterocycles. The molecule has 2 fully saturated rings. The lowest BCUT2D eigenvalue weighted by atomic mass is 9.95.